The molecule has 1 unspecified atom stereocenters. The number of amides is 1. The predicted octanol–water partition coefficient (Wildman–Crippen LogP) is 0.456. The molecule has 4 heterocycles. The summed E-state index contributed by atoms with van der Waals surface area (Å²) in [5, 5.41) is 13.8. The first-order valence-electron chi connectivity index (χ1n) is 13.8. The second-order valence-electron chi connectivity index (χ2n) is 11.4. The van der Waals surface area contributed by atoms with Crippen LogP contribution < -0.4 is 15.8 Å². The van der Waals surface area contributed by atoms with E-state index in [2.05, 4.69) is 15.1 Å². The number of carbonyl (C=O) groups is 1. The largest absolute Gasteiger partial charge is 0.432 e. The minimum atomic E-state index is -3.17. The number of imidazole rings is 1. The summed E-state index contributed by atoms with van der Waals surface area (Å²) in [7, 11) is -3.17. The van der Waals surface area contributed by atoms with E-state index in [0.717, 1.165) is 30.4 Å². The van der Waals surface area contributed by atoms with Crippen molar-refractivity contribution < 1.29 is 23.2 Å². The van der Waals surface area contributed by atoms with Crippen LogP contribution in [0.5, 0.6) is 0 Å². The van der Waals surface area contributed by atoms with E-state index in [9.17, 15) is 23.1 Å². The summed E-state index contributed by atoms with van der Waals surface area (Å²) in [5.74, 6) is 0. The molecule has 1 amide bonds. The van der Waals surface area contributed by atoms with Crippen LogP contribution in [0, 0.1) is 0 Å². The minimum Gasteiger partial charge on any atom is -0.390 e. The number of rotatable bonds is 8. The standard InChI is InChI=1S/C26H40N6O6S/c1-18(2)31-23-6-4-5-7-24(23)32(26(31)35)38-25(34)27-19-14-20-8-9-21(15-19)30(20)17-22(33)16-28-10-12-29(13-11-28)39(3,36)37/h4-7,18-22,33H,8-17H2,1-3H3,(H,27,34)/t19?,20-,21+,22-/m1/s1. The minimum absolute atomic E-state index is 0.0680. The van der Waals surface area contributed by atoms with Gasteiger partial charge in [0.2, 0.25) is 10.0 Å². The third-order valence-electron chi connectivity index (χ3n) is 8.33. The third kappa shape index (κ3) is 6.02. The fourth-order valence-electron chi connectivity index (χ4n) is 6.54. The molecule has 0 saturated carbocycles. The van der Waals surface area contributed by atoms with Crippen molar-refractivity contribution in [2.24, 2.45) is 0 Å². The molecule has 3 aliphatic rings. The summed E-state index contributed by atoms with van der Waals surface area (Å²) in [5.41, 5.74) is 0.878. The zero-order chi connectivity index (χ0) is 27.9. The third-order valence-corrected chi connectivity index (χ3v) is 9.63. The average Bonchev–Trinajstić information content (AvgIpc) is 3.26. The van der Waals surface area contributed by atoms with Gasteiger partial charge < -0.3 is 15.3 Å². The zero-order valence-electron chi connectivity index (χ0n) is 22.9. The smallest absolute Gasteiger partial charge is 0.390 e. The quantitative estimate of drug-likeness (QED) is 0.473. The molecule has 2 bridgehead atoms. The number of aliphatic hydroxyl groups is 1. The number of piperidine rings is 1. The molecular weight excluding hydrogens is 524 g/mol. The Hall–Kier alpha value is -2.45. The molecule has 4 atom stereocenters. The lowest BCUT2D eigenvalue weighted by Crippen LogP contribution is -2.55. The number of hydrogen-bond acceptors (Lipinski definition) is 8. The van der Waals surface area contributed by atoms with Gasteiger partial charge in [-0.05, 0) is 51.7 Å². The van der Waals surface area contributed by atoms with Crippen molar-refractivity contribution in [2.75, 3.05) is 45.5 Å². The van der Waals surface area contributed by atoms with Crippen molar-refractivity contribution in [3.05, 3.63) is 34.7 Å². The summed E-state index contributed by atoms with van der Waals surface area (Å²) in [6.07, 6.45) is 3.60. The number of fused-ring (bicyclic) bond motifs is 3. The van der Waals surface area contributed by atoms with Gasteiger partial charge >= 0.3 is 11.8 Å². The van der Waals surface area contributed by atoms with Gasteiger partial charge in [0.15, 0.2) is 0 Å². The number of hydrogen-bond donors (Lipinski definition) is 2. The number of nitrogens with one attached hydrogen (secondary N) is 1. The lowest BCUT2D eigenvalue weighted by Gasteiger charge is -2.41. The Morgan fingerprint density at radius 2 is 1.67 bits per heavy atom. The molecule has 3 saturated heterocycles. The number of piperazine rings is 1. The van der Waals surface area contributed by atoms with Crippen LogP contribution >= 0.6 is 0 Å². The maximum absolute atomic E-state index is 13.0. The van der Waals surface area contributed by atoms with Crippen LogP contribution in [-0.4, -0.2) is 113 Å². The van der Waals surface area contributed by atoms with E-state index >= 15 is 0 Å². The van der Waals surface area contributed by atoms with Gasteiger partial charge in [0.05, 0.1) is 17.9 Å². The van der Waals surface area contributed by atoms with Gasteiger partial charge in [0, 0.05) is 63.4 Å². The second kappa shape index (κ2) is 11.2. The number of β-amino-alcohol motifs (C(OH)–C–C–N with tert-alkyl or cyclic N) is 1. The first kappa shape index (κ1) is 28.1. The van der Waals surface area contributed by atoms with E-state index in [4.69, 9.17) is 4.84 Å². The first-order chi connectivity index (χ1) is 18.5. The van der Waals surface area contributed by atoms with Crippen molar-refractivity contribution in [3.8, 4) is 0 Å². The van der Waals surface area contributed by atoms with Crippen LogP contribution in [0.1, 0.15) is 45.6 Å². The van der Waals surface area contributed by atoms with Gasteiger partial charge in [-0.15, -0.1) is 4.73 Å². The maximum atomic E-state index is 13.0. The Morgan fingerprint density at radius 1 is 1.05 bits per heavy atom. The van der Waals surface area contributed by atoms with Crippen molar-refractivity contribution in [2.45, 2.75) is 69.8 Å². The monoisotopic (exact) mass is 564 g/mol. The van der Waals surface area contributed by atoms with Crippen molar-refractivity contribution in [1.29, 1.82) is 0 Å². The molecule has 1 aromatic heterocycles. The summed E-state index contributed by atoms with van der Waals surface area (Å²) < 4.78 is 27.6. The van der Waals surface area contributed by atoms with E-state index in [-0.39, 0.29) is 29.9 Å². The molecule has 0 radical (unpaired) electrons. The first-order valence-corrected chi connectivity index (χ1v) is 15.7. The Labute approximate surface area is 229 Å². The Balaban J connectivity index is 1.14. The van der Waals surface area contributed by atoms with Gasteiger partial charge in [0.1, 0.15) is 5.52 Å². The van der Waals surface area contributed by atoms with Crippen molar-refractivity contribution in [1.82, 2.24) is 28.7 Å². The molecule has 2 N–H and O–H groups in total. The van der Waals surface area contributed by atoms with E-state index < -0.39 is 22.2 Å². The van der Waals surface area contributed by atoms with E-state index in [0.29, 0.717) is 50.3 Å². The van der Waals surface area contributed by atoms with Crippen molar-refractivity contribution in [3.63, 3.8) is 0 Å². The molecule has 13 heteroatoms. The zero-order valence-corrected chi connectivity index (χ0v) is 23.7. The highest BCUT2D eigenvalue weighted by molar-refractivity contribution is 7.88. The molecule has 39 heavy (non-hydrogen) atoms. The molecule has 1 aromatic carbocycles. The van der Waals surface area contributed by atoms with Gasteiger partial charge in [-0.1, -0.05) is 12.1 Å². The molecule has 0 spiro atoms. The van der Waals surface area contributed by atoms with Crippen LogP contribution in [0.4, 0.5) is 4.79 Å². The van der Waals surface area contributed by atoms with Gasteiger partial charge in [-0.2, -0.15) is 4.31 Å². The molecule has 12 nitrogen and oxygen atoms in total. The fourth-order valence-corrected chi connectivity index (χ4v) is 7.37. The average molecular weight is 565 g/mol. The number of nitrogens with zero attached hydrogens (tertiary/aromatic N) is 5. The van der Waals surface area contributed by atoms with Crippen LogP contribution in [-0.2, 0) is 10.0 Å². The second-order valence-corrected chi connectivity index (χ2v) is 13.4. The molecule has 3 aliphatic heterocycles. The van der Waals surface area contributed by atoms with Gasteiger partial charge in [-0.25, -0.2) is 18.0 Å². The van der Waals surface area contributed by atoms with E-state index in [1.54, 1.807) is 10.6 Å². The number of sulfonamides is 1. The number of aromatic nitrogens is 2. The van der Waals surface area contributed by atoms with Crippen LogP contribution in [0.3, 0.4) is 0 Å². The molecular formula is C26H40N6O6S. The Kier molecular flexibility index (Phi) is 8.07. The lowest BCUT2D eigenvalue weighted by atomic mass is 9.97. The number of carbonyl (C=O) groups excluding carboxylic acids is 1. The molecule has 3 fully saturated rings. The number of benzene rings is 1. The molecule has 2 aromatic rings. The topological polar surface area (TPSA) is 129 Å². The normalized spacial score (nSPS) is 25.8. The molecule has 0 aliphatic carbocycles. The van der Waals surface area contributed by atoms with E-state index in [1.165, 1.54) is 10.6 Å². The Bertz CT molecular complexity index is 1330. The fraction of sp³-hybridized carbons (Fsp3) is 0.692. The highest BCUT2D eigenvalue weighted by Crippen LogP contribution is 2.35. The maximum Gasteiger partial charge on any atom is 0.432 e. The summed E-state index contributed by atoms with van der Waals surface area (Å²) in [6, 6.07) is 7.63. The van der Waals surface area contributed by atoms with Gasteiger partial charge in [0.25, 0.3) is 0 Å². The Morgan fingerprint density at radius 3 is 2.26 bits per heavy atom. The number of aliphatic hydroxyl groups excluding tert-OH is 1. The van der Waals surface area contributed by atoms with Crippen molar-refractivity contribution >= 4 is 27.1 Å². The lowest BCUT2D eigenvalue weighted by molar-refractivity contribution is 0.0272. The van der Waals surface area contributed by atoms with Gasteiger partial charge in [-0.3, -0.25) is 14.4 Å². The summed E-state index contributed by atoms with van der Waals surface area (Å²) in [4.78, 5) is 35.8. The number of para-hydroxylation sites is 2. The van der Waals surface area contributed by atoms with Crippen LogP contribution in [0.25, 0.3) is 11.0 Å². The predicted molar refractivity (Wildman–Crippen MR) is 147 cm³/mol. The molecule has 216 valence electrons. The summed E-state index contributed by atoms with van der Waals surface area (Å²) in [6.45, 7) is 7.04. The highest BCUT2D eigenvalue weighted by atomic mass is 32.2. The highest BCUT2D eigenvalue weighted by Gasteiger charge is 2.42. The van der Waals surface area contributed by atoms with E-state index in [1.807, 2.05) is 32.0 Å². The van der Waals surface area contributed by atoms with Crippen LogP contribution in [0.2, 0.25) is 0 Å². The summed E-state index contributed by atoms with van der Waals surface area (Å²) >= 11 is 0. The molecule has 5 rings (SSSR count). The SMILES string of the molecule is CC(C)n1c(=O)n(OC(=O)NC2C[C@H]3CC[C@@H](C2)N3C[C@H](O)CN2CCN(S(C)(=O)=O)CC2)c2ccccc21. The van der Waals surface area contributed by atoms with Crippen LogP contribution in [0.15, 0.2) is 29.1 Å².